The molecule has 2 fully saturated rings. The predicted octanol–water partition coefficient (Wildman–Crippen LogP) is -6.48. The van der Waals surface area contributed by atoms with Gasteiger partial charge in [0.25, 0.3) is 5.56 Å². The van der Waals surface area contributed by atoms with Gasteiger partial charge in [-0.2, -0.15) is 0 Å². The van der Waals surface area contributed by atoms with Crippen LogP contribution in [0.3, 0.4) is 0 Å². The molecule has 20 heteroatoms. The number of nitrogens with two attached hydrogens (primary N) is 2. The predicted molar refractivity (Wildman–Crippen MR) is 138 cm³/mol. The van der Waals surface area contributed by atoms with E-state index in [4.69, 9.17) is 16.2 Å². The molecule has 0 spiro atoms. The largest absolute Gasteiger partial charge is 0.479 e. The Morgan fingerprint density at radius 1 is 1.23 bits per heavy atom. The monoisotopic (exact) mass is 616 g/mol. The number of nitrogens with one attached hydrogen (secondary N) is 2. The van der Waals surface area contributed by atoms with Crippen molar-refractivity contribution < 1.29 is 59.3 Å². The molecule has 9 atom stereocenters. The van der Waals surface area contributed by atoms with E-state index in [1.165, 1.54) is 13.0 Å². The number of amides is 3. The number of rotatable bonds is 11. The molecule has 2 saturated heterocycles. The van der Waals surface area contributed by atoms with E-state index in [2.05, 4.69) is 10.1 Å². The van der Waals surface area contributed by atoms with Crippen LogP contribution < -0.4 is 28.0 Å². The molecule has 0 bridgehead atoms. The Morgan fingerprint density at radius 2 is 1.88 bits per heavy atom. The lowest BCUT2D eigenvalue weighted by atomic mass is 9.92. The number of aromatic nitrogens is 2. The van der Waals surface area contributed by atoms with Crippen molar-refractivity contribution in [1.82, 2.24) is 19.8 Å². The molecule has 1 aromatic rings. The molecule has 238 valence electrons. The zero-order chi connectivity index (χ0) is 32.3. The Bertz CT molecular complexity index is 1390. The summed E-state index contributed by atoms with van der Waals surface area (Å²) >= 11 is 0. The lowest BCUT2D eigenvalue weighted by molar-refractivity contribution is -0.157. The van der Waals surface area contributed by atoms with Gasteiger partial charge >= 0.3 is 17.8 Å². The summed E-state index contributed by atoms with van der Waals surface area (Å²) < 4.78 is 10.6. The number of aliphatic hydroxyl groups excluding tert-OH is 5. The summed E-state index contributed by atoms with van der Waals surface area (Å²) in [6, 6.07) is -5.47. The second kappa shape index (κ2) is 13.4. The number of hydrogen-bond acceptors (Lipinski definition) is 14. The van der Waals surface area contributed by atoms with Crippen LogP contribution in [0.25, 0.3) is 0 Å². The molecule has 4 unspecified atom stereocenters. The van der Waals surface area contributed by atoms with E-state index in [1.54, 1.807) is 0 Å². The van der Waals surface area contributed by atoms with Crippen LogP contribution >= 0.6 is 0 Å². The van der Waals surface area contributed by atoms with Crippen LogP contribution in [0.2, 0.25) is 0 Å². The summed E-state index contributed by atoms with van der Waals surface area (Å²) in [5.74, 6) is -3.89. The van der Waals surface area contributed by atoms with Crippen LogP contribution in [0, 0.1) is 0 Å². The molecule has 1 aromatic heterocycles. The van der Waals surface area contributed by atoms with Gasteiger partial charge in [0.1, 0.15) is 49.2 Å². The first-order valence-corrected chi connectivity index (χ1v) is 12.6. The first-order chi connectivity index (χ1) is 20.1. The van der Waals surface area contributed by atoms with Gasteiger partial charge in [0.15, 0.2) is 12.3 Å². The molecule has 2 aliphatic rings. The highest BCUT2D eigenvalue weighted by Crippen LogP contribution is 2.33. The zero-order valence-electron chi connectivity index (χ0n) is 22.5. The molecule has 0 radical (unpaired) electrons. The molecule has 0 aliphatic carbocycles. The van der Waals surface area contributed by atoms with Gasteiger partial charge in [-0.3, -0.25) is 23.9 Å². The fraction of sp³-hybridized carbons (Fsp3) is 0.565. The maximum Gasteiger partial charge on any atom is 0.404 e. The maximum absolute atomic E-state index is 13.6. The van der Waals surface area contributed by atoms with E-state index >= 15 is 0 Å². The zero-order valence-corrected chi connectivity index (χ0v) is 22.5. The number of ether oxygens (including phenoxy) is 2. The van der Waals surface area contributed by atoms with Gasteiger partial charge in [-0.25, -0.2) is 14.4 Å². The minimum Gasteiger partial charge on any atom is -0.479 e. The van der Waals surface area contributed by atoms with E-state index in [-0.39, 0.29) is 12.1 Å². The van der Waals surface area contributed by atoms with E-state index in [0.29, 0.717) is 10.1 Å². The van der Waals surface area contributed by atoms with Crippen LogP contribution in [0.15, 0.2) is 27.4 Å². The summed E-state index contributed by atoms with van der Waals surface area (Å²) in [5, 5.41) is 63.0. The summed E-state index contributed by atoms with van der Waals surface area (Å²) in [6.07, 6.45) is -10.7. The fourth-order valence-electron chi connectivity index (χ4n) is 4.60. The number of H-pyrrole nitrogens is 1. The third-order valence-electron chi connectivity index (χ3n) is 7.02. The average Bonchev–Trinajstić information content (AvgIpc) is 3.22. The van der Waals surface area contributed by atoms with Crippen LogP contribution in [0.4, 0.5) is 4.79 Å². The van der Waals surface area contributed by atoms with E-state index in [9.17, 15) is 59.4 Å². The Labute approximate surface area is 240 Å². The van der Waals surface area contributed by atoms with Crippen LogP contribution in [-0.4, -0.2) is 131 Å². The van der Waals surface area contributed by atoms with Gasteiger partial charge in [-0.05, 0) is 12.5 Å². The van der Waals surface area contributed by atoms with Gasteiger partial charge in [0.05, 0.1) is 12.2 Å². The minimum atomic E-state index is -2.09. The molecule has 0 saturated carbocycles. The van der Waals surface area contributed by atoms with Crippen LogP contribution in [0.1, 0.15) is 18.7 Å². The quantitative estimate of drug-likeness (QED) is 0.103. The normalized spacial score (nSPS) is 27.1. The topological polar surface area (TPSA) is 330 Å². The standard InChI is InChI=1S/C23H32N6O14/c1-2-7-3-28(12(7)21(38)39)19(37)11(26-18(36)10(24)13(32)9(31)6-42-22(25)40)16-14(33)15(34)20(43-16)29-4-8(5-30)17(35)27-23(29)41/h2,4,9-16,20,30-34H,3,5-6,24H2,1H3,(H2,25,40)(H,26,36)(H,38,39)(H,27,35,41)/b7-2+/t9?,10?,11?,12-,13?,14-,15+,16+,20+/m0/s1. The average molecular weight is 617 g/mol. The Balaban J connectivity index is 1.95. The number of carboxylic acids is 1. The number of carbonyl (C=O) groups excluding carboxylic acids is 3. The van der Waals surface area contributed by atoms with Crippen molar-refractivity contribution in [2.45, 2.75) is 68.4 Å². The number of allylic oxidation sites excluding steroid dienone is 1. The summed E-state index contributed by atoms with van der Waals surface area (Å²) in [5.41, 5.74) is 8.46. The fourth-order valence-corrected chi connectivity index (χ4v) is 4.60. The highest BCUT2D eigenvalue weighted by Gasteiger charge is 2.54. The van der Waals surface area contributed by atoms with Gasteiger partial charge in [0.2, 0.25) is 11.8 Å². The molecule has 3 amide bonds. The highest BCUT2D eigenvalue weighted by molar-refractivity contribution is 5.95. The third-order valence-corrected chi connectivity index (χ3v) is 7.02. The summed E-state index contributed by atoms with van der Waals surface area (Å²) in [6.45, 7) is -0.350. The Morgan fingerprint density at radius 3 is 2.44 bits per heavy atom. The molecular weight excluding hydrogens is 584 g/mol. The van der Waals surface area contributed by atoms with E-state index in [0.717, 1.165) is 11.1 Å². The van der Waals surface area contributed by atoms with Gasteiger partial charge < -0.3 is 61.8 Å². The summed E-state index contributed by atoms with van der Waals surface area (Å²) in [4.78, 5) is 76.2. The second-order valence-electron chi connectivity index (χ2n) is 9.72. The molecule has 3 rings (SSSR count). The van der Waals surface area contributed by atoms with Crippen molar-refractivity contribution in [3.05, 3.63) is 44.2 Å². The van der Waals surface area contributed by atoms with Crippen LogP contribution in [-0.2, 0) is 30.5 Å². The Kier molecular flexibility index (Phi) is 10.4. The molecule has 3 heterocycles. The number of likely N-dealkylation sites (tertiary alicyclic amines) is 1. The number of aliphatic hydroxyl groups is 5. The summed E-state index contributed by atoms with van der Waals surface area (Å²) in [7, 11) is 0. The number of aromatic amines is 1. The number of carboxylic acid groups (broad SMARTS) is 1. The lowest BCUT2D eigenvalue weighted by Crippen LogP contribution is -2.67. The van der Waals surface area contributed by atoms with E-state index < -0.39 is 103 Å². The molecule has 20 nitrogen and oxygen atoms in total. The molecule has 43 heavy (non-hydrogen) atoms. The van der Waals surface area contributed by atoms with Gasteiger partial charge in [-0.15, -0.1) is 0 Å². The van der Waals surface area contributed by atoms with Crippen molar-refractivity contribution >= 4 is 23.9 Å². The van der Waals surface area contributed by atoms with Gasteiger partial charge in [0, 0.05) is 12.7 Å². The number of nitrogens with zero attached hydrogens (tertiary/aromatic N) is 2. The molecule has 12 N–H and O–H groups in total. The van der Waals surface area contributed by atoms with Gasteiger partial charge in [-0.1, -0.05) is 6.08 Å². The Hall–Kier alpha value is -4.18. The highest BCUT2D eigenvalue weighted by atomic mass is 16.6. The van der Waals surface area contributed by atoms with Crippen molar-refractivity contribution in [2.75, 3.05) is 13.2 Å². The SMILES string of the molecule is C/C=C1\CN(C(=O)C(NC(=O)C(N)C(O)C(O)COC(N)=O)[C@H]2O[C@@H](n3cc(CO)c(=O)[nH]c3=O)[C@H](O)[C@@H]2O)[C@@H]1C(=O)O. The first kappa shape index (κ1) is 33.3. The van der Waals surface area contributed by atoms with Crippen LogP contribution in [0.5, 0.6) is 0 Å². The number of hydrogen-bond donors (Lipinski definition) is 10. The number of aliphatic carboxylic acids is 1. The third kappa shape index (κ3) is 6.74. The minimum absolute atomic E-state index is 0.204. The first-order valence-electron chi connectivity index (χ1n) is 12.6. The van der Waals surface area contributed by atoms with E-state index in [1.807, 2.05) is 4.98 Å². The number of primary amides is 1. The van der Waals surface area contributed by atoms with Crippen molar-refractivity contribution in [3.8, 4) is 0 Å². The van der Waals surface area contributed by atoms with Crippen molar-refractivity contribution in [3.63, 3.8) is 0 Å². The second-order valence-corrected chi connectivity index (χ2v) is 9.72. The van der Waals surface area contributed by atoms with Crippen molar-refractivity contribution in [1.29, 1.82) is 0 Å². The lowest BCUT2D eigenvalue weighted by Gasteiger charge is -2.43. The molecule has 0 aromatic carbocycles. The smallest absolute Gasteiger partial charge is 0.404 e. The number of carbonyl (C=O) groups is 4. The molecular formula is C23H32N6O14. The molecule has 2 aliphatic heterocycles. The maximum atomic E-state index is 13.6. The van der Waals surface area contributed by atoms with Crippen molar-refractivity contribution in [2.24, 2.45) is 11.5 Å².